The minimum atomic E-state index is -0.913. The van der Waals surface area contributed by atoms with Gasteiger partial charge < -0.3 is 16.2 Å². The van der Waals surface area contributed by atoms with E-state index in [9.17, 15) is 9.59 Å². The SMILES string of the molecule is CC(C)(CNC(=O)C1CCC(CN)CC1)C(=O)O. The van der Waals surface area contributed by atoms with Crippen LogP contribution >= 0.6 is 0 Å². The third kappa shape index (κ3) is 3.98. The largest absolute Gasteiger partial charge is 0.481 e. The summed E-state index contributed by atoms with van der Waals surface area (Å²) in [6, 6.07) is 0. The Kier molecular flexibility index (Phi) is 5.14. The lowest BCUT2D eigenvalue weighted by Crippen LogP contribution is -2.42. The normalized spacial score (nSPS) is 24.6. The van der Waals surface area contributed by atoms with E-state index >= 15 is 0 Å². The van der Waals surface area contributed by atoms with E-state index in [2.05, 4.69) is 5.32 Å². The molecule has 1 rings (SSSR count). The van der Waals surface area contributed by atoms with Gasteiger partial charge in [0.2, 0.25) is 5.91 Å². The Morgan fingerprint density at radius 1 is 1.28 bits per heavy atom. The first kappa shape index (κ1) is 15.0. The van der Waals surface area contributed by atoms with Crippen molar-refractivity contribution in [3.63, 3.8) is 0 Å². The molecule has 0 aromatic heterocycles. The Morgan fingerprint density at radius 3 is 2.28 bits per heavy atom. The molecule has 0 aliphatic heterocycles. The minimum Gasteiger partial charge on any atom is -0.481 e. The Labute approximate surface area is 108 Å². The fourth-order valence-electron chi connectivity index (χ4n) is 2.19. The third-order valence-electron chi connectivity index (χ3n) is 3.83. The Morgan fingerprint density at radius 2 is 1.83 bits per heavy atom. The molecule has 1 fully saturated rings. The fourth-order valence-corrected chi connectivity index (χ4v) is 2.19. The summed E-state index contributed by atoms with van der Waals surface area (Å²) in [6.45, 7) is 4.10. The smallest absolute Gasteiger partial charge is 0.310 e. The Bertz CT molecular complexity index is 307. The fraction of sp³-hybridized carbons (Fsp3) is 0.846. The number of carboxylic acids is 1. The lowest BCUT2D eigenvalue weighted by Gasteiger charge is -2.28. The molecule has 1 saturated carbocycles. The van der Waals surface area contributed by atoms with Gasteiger partial charge in [-0.3, -0.25) is 9.59 Å². The van der Waals surface area contributed by atoms with Gasteiger partial charge >= 0.3 is 5.97 Å². The number of hydrogen-bond acceptors (Lipinski definition) is 3. The van der Waals surface area contributed by atoms with Crippen LogP contribution < -0.4 is 11.1 Å². The zero-order chi connectivity index (χ0) is 13.8. The van der Waals surface area contributed by atoms with Crippen molar-refractivity contribution in [2.75, 3.05) is 13.1 Å². The number of aliphatic carboxylic acids is 1. The van der Waals surface area contributed by atoms with E-state index in [0.717, 1.165) is 25.7 Å². The van der Waals surface area contributed by atoms with Crippen LogP contribution in [0.3, 0.4) is 0 Å². The standard InChI is InChI=1S/C13H24N2O3/c1-13(2,12(17)18)8-15-11(16)10-5-3-9(7-14)4-6-10/h9-10H,3-8,14H2,1-2H3,(H,15,16)(H,17,18). The summed E-state index contributed by atoms with van der Waals surface area (Å²) in [6.07, 6.45) is 3.72. The summed E-state index contributed by atoms with van der Waals surface area (Å²) in [5.74, 6) is -0.337. The highest BCUT2D eigenvalue weighted by molar-refractivity contribution is 5.80. The van der Waals surface area contributed by atoms with E-state index in [1.54, 1.807) is 13.8 Å². The summed E-state index contributed by atoms with van der Waals surface area (Å²) < 4.78 is 0. The third-order valence-corrected chi connectivity index (χ3v) is 3.83. The maximum absolute atomic E-state index is 11.9. The molecule has 0 bridgehead atoms. The van der Waals surface area contributed by atoms with E-state index < -0.39 is 11.4 Å². The first-order chi connectivity index (χ1) is 8.36. The second-order valence-electron chi connectivity index (χ2n) is 5.86. The van der Waals surface area contributed by atoms with Crippen LogP contribution in [-0.2, 0) is 9.59 Å². The molecule has 18 heavy (non-hydrogen) atoms. The maximum Gasteiger partial charge on any atom is 0.310 e. The highest BCUT2D eigenvalue weighted by atomic mass is 16.4. The van der Waals surface area contributed by atoms with Crippen molar-refractivity contribution in [3.8, 4) is 0 Å². The lowest BCUT2D eigenvalue weighted by atomic mass is 9.81. The molecule has 1 aliphatic carbocycles. The van der Waals surface area contributed by atoms with Crippen LogP contribution in [0.15, 0.2) is 0 Å². The van der Waals surface area contributed by atoms with Gasteiger partial charge in [0, 0.05) is 12.5 Å². The van der Waals surface area contributed by atoms with Crippen LogP contribution in [0.1, 0.15) is 39.5 Å². The van der Waals surface area contributed by atoms with Gasteiger partial charge in [-0.15, -0.1) is 0 Å². The average molecular weight is 256 g/mol. The molecule has 1 aliphatic rings. The van der Waals surface area contributed by atoms with Crippen LogP contribution in [0.2, 0.25) is 0 Å². The molecule has 5 heteroatoms. The number of amides is 1. The van der Waals surface area contributed by atoms with Crippen LogP contribution in [0.5, 0.6) is 0 Å². The molecular weight excluding hydrogens is 232 g/mol. The van der Waals surface area contributed by atoms with E-state index in [1.807, 2.05) is 0 Å². The van der Waals surface area contributed by atoms with Crippen molar-refractivity contribution in [3.05, 3.63) is 0 Å². The van der Waals surface area contributed by atoms with Gasteiger partial charge in [-0.05, 0) is 52.0 Å². The van der Waals surface area contributed by atoms with Crippen molar-refractivity contribution < 1.29 is 14.7 Å². The van der Waals surface area contributed by atoms with Crippen molar-refractivity contribution in [2.45, 2.75) is 39.5 Å². The molecule has 104 valence electrons. The number of rotatable bonds is 5. The van der Waals surface area contributed by atoms with E-state index in [-0.39, 0.29) is 18.4 Å². The van der Waals surface area contributed by atoms with Gasteiger partial charge in [0.05, 0.1) is 5.41 Å². The molecule has 0 aromatic rings. The number of nitrogens with two attached hydrogens (primary N) is 1. The summed E-state index contributed by atoms with van der Waals surface area (Å²) >= 11 is 0. The quantitative estimate of drug-likeness (QED) is 0.683. The summed E-state index contributed by atoms with van der Waals surface area (Å²) in [5, 5.41) is 11.7. The zero-order valence-electron chi connectivity index (χ0n) is 11.2. The number of carbonyl (C=O) groups is 2. The number of hydrogen-bond donors (Lipinski definition) is 3. The maximum atomic E-state index is 11.9. The Hall–Kier alpha value is -1.10. The summed E-state index contributed by atoms with van der Waals surface area (Å²) in [7, 11) is 0. The van der Waals surface area contributed by atoms with E-state index in [4.69, 9.17) is 10.8 Å². The van der Waals surface area contributed by atoms with Crippen LogP contribution in [0.4, 0.5) is 0 Å². The van der Waals surface area contributed by atoms with Gasteiger partial charge in [0.1, 0.15) is 0 Å². The molecule has 0 spiro atoms. The average Bonchev–Trinajstić information content (AvgIpc) is 2.36. The number of nitrogens with one attached hydrogen (secondary N) is 1. The van der Waals surface area contributed by atoms with E-state index in [0.29, 0.717) is 12.5 Å². The molecule has 0 aromatic carbocycles. The second kappa shape index (κ2) is 6.18. The topological polar surface area (TPSA) is 92.4 Å². The predicted octanol–water partition coefficient (Wildman–Crippen LogP) is 0.979. The molecule has 0 atom stereocenters. The van der Waals surface area contributed by atoms with Gasteiger partial charge in [-0.25, -0.2) is 0 Å². The molecule has 4 N–H and O–H groups in total. The first-order valence-electron chi connectivity index (χ1n) is 6.58. The van der Waals surface area contributed by atoms with Gasteiger partial charge in [-0.1, -0.05) is 0 Å². The van der Waals surface area contributed by atoms with Crippen molar-refractivity contribution in [2.24, 2.45) is 23.0 Å². The molecule has 1 amide bonds. The van der Waals surface area contributed by atoms with Crippen LogP contribution in [0, 0.1) is 17.3 Å². The number of carbonyl (C=O) groups excluding carboxylic acids is 1. The minimum absolute atomic E-state index is 0.0141. The highest BCUT2D eigenvalue weighted by Crippen LogP contribution is 2.28. The van der Waals surface area contributed by atoms with Gasteiger partial charge in [-0.2, -0.15) is 0 Å². The van der Waals surface area contributed by atoms with Crippen LogP contribution in [0.25, 0.3) is 0 Å². The monoisotopic (exact) mass is 256 g/mol. The van der Waals surface area contributed by atoms with Crippen molar-refractivity contribution in [1.29, 1.82) is 0 Å². The van der Waals surface area contributed by atoms with Crippen LogP contribution in [-0.4, -0.2) is 30.1 Å². The molecule has 0 saturated heterocycles. The van der Waals surface area contributed by atoms with Gasteiger partial charge in [0.25, 0.3) is 0 Å². The van der Waals surface area contributed by atoms with Crippen molar-refractivity contribution >= 4 is 11.9 Å². The summed E-state index contributed by atoms with van der Waals surface area (Å²) in [5.41, 5.74) is 4.70. The second-order valence-corrected chi connectivity index (χ2v) is 5.86. The van der Waals surface area contributed by atoms with E-state index in [1.165, 1.54) is 0 Å². The molecule has 0 unspecified atom stereocenters. The highest BCUT2D eigenvalue weighted by Gasteiger charge is 2.30. The van der Waals surface area contributed by atoms with Crippen molar-refractivity contribution in [1.82, 2.24) is 5.32 Å². The van der Waals surface area contributed by atoms with Gasteiger partial charge in [0.15, 0.2) is 0 Å². The lowest BCUT2D eigenvalue weighted by molar-refractivity contribution is -0.146. The number of carboxylic acid groups (broad SMARTS) is 1. The summed E-state index contributed by atoms with van der Waals surface area (Å²) in [4.78, 5) is 22.9. The molecule has 0 heterocycles. The first-order valence-corrected chi connectivity index (χ1v) is 6.58. The molecule has 0 radical (unpaired) electrons. The Balaban J connectivity index is 2.36. The molecule has 5 nitrogen and oxygen atoms in total. The molecular formula is C13H24N2O3. The predicted molar refractivity (Wildman–Crippen MR) is 68.9 cm³/mol. The zero-order valence-corrected chi connectivity index (χ0v) is 11.2.